The summed E-state index contributed by atoms with van der Waals surface area (Å²) in [6.07, 6.45) is 2.07. The molecule has 1 aromatic carbocycles. The maximum absolute atomic E-state index is 13.0. The van der Waals surface area contributed by atoms with Crippen LogP contribution in [-0.4, -0.2) is 68.6 Å². The summed E-state index contributed by atoms with van der Waals surface area (Å²) >= 11 is 0. The van der Waals surface area contributed by atoms with E-state index in [4.69, 9.17) is 9.47 Å². The van der Waals surface area contributed by atoms with Crippen molar-refractivity contribution in [3.05, 3.63) is 29.8 Å². The van der Waals surface area contributed by atoms with Crippen LogP contribution in [-0.2, 0) is 14.3 Å². The number of nitrogens with zero attached hydrogens (tertiary/aromatic N) is 1. The van der Waals surface area contributed by atoms with Crippen LogP contribution in [0.3, 0.4) is 0 Å². The SMILES string of the molecule is CC[C@H](C)NC(=O)[C@@H](NC(=O)c1ccc(OC)cc1)C1CCN(C(=O)COC)CC1. The predicted octanol–water partition coefficient (Wildman–Crippen LogP) is 1.59. The van der Waals surface area contributed by atoms with E-state index in [1.807, 2.05) is 13.8 Å². The van der Waals surface area contributed by atoms with E-state index in [0.717, 1.165) is 6.42 Å². The number of carbonyl (C=O) groups is 3. The van der Waals surface area contributed by atoms with Crippen LogP contribution in [0.1, 0.15) is 43.5 Å². The molecule has 0 bridgehead atoms. The molecule has 8 heteroatoms. The highest BCUT2D eigenvalue weighted by Gasteiger charge is 2.34. The van der Waals surface area contributed by atoms with Gasteiger partial charge >= 0.3 is 0 Å². The molecule has 0 aliphatic carbocycles. The number of hydrogen-bond donors (Lipinski definition) is 2. The van der Waals surface area contributed by atoms with E-state index in [2.05, 4.69) is 10.6 Å². The molecule has 1 aliphatic heterocycles. The molecule has 1 fully saturated rings. The lowest BCUT2D eigenvalue weighted by atomic mass is 9.88. The average Bonchev–Trinajstić information content (AvgIpc) is 2.77. The Morgan fingerprint density at radius 3 is 2.27 bits per heavy atom. The van der Waals surface area contributed by atoms with Gasteiger partial charge in [0.25, 0.3) is 5.91 Å². The minimum atomic E-state index is -0.659. The van der Waals surface area contributed by atoms with Gasteiger partial charge in [0.15, 0.2) is 0 Å². The lowest BCUT2D eigenvalue weighted by Gasteiger charge is -2.36. The van der Waals surface area contributed by atoms with E-state index >= 15 is 0 Å². The fourth-order valence-electron chi connectivity index (χ4n) is 3.50. The summed E-state index contributed by atoms with van der Waals surface area (Å²) in [5.41, 5.74) is 0.463. The van der Waals surface area contributed by atoms with Crippen LogP contribution in [0.2, 0.25) is 0 Å². The first-order valence-electron chi connectivity index (χ1n) is 10.4. The fourth-order valence-corrected chi connectivity index (χ4v) is 3.50. The van der Waals surface area contributed by atoms with E-state index in [1.165, 1.54) is 7.11 Å². The van der Waals surface area contributed by atoms with Crippen LogP contribution in [0.25, 0.3) is 0 Å². The fraction of sp³-hybridized carbons (Fsp3) is 0.591. The molecule has 0 radical (unpaired) electrons. The first-order chi connectivity index (χ1) is 14.4. The van der Waals surface area contributed by atoms with Gasteiger partial charge in [-0.2, -0.15) is 0 Å². The molecule has 2 atom stereocenters. The van der Waals surface area contributed by atoms with Gasteiger partial charge in [0.2, 0.25) is 11.8 Å². The van der Waals surface area contributed by atoms with E-state index in [0.29, 0.717) is 37.2 Å². The third-order valence-electron chi connectivity index (χ3n) is 5.55. The Bertz CT molecular complexity index is 714. The molecule has 30 heavy (non-hydrogen) atoms. The summed E-state index contributed by atoms with van der Waals surface area (Å²) in [6.45, 7) is 5.07. The van der Waals surface area contributed by atoms with Crippen molar-refractivity contribution in [1.29, 1.82) is 0 Å². The zero-order valence-corrected chi connectivity index (χ0v) is 18.3. The van der Waals surface area contributed by atoms with Crippen molar-refractivity contribution in [2.45, 2.75) is 45.2 Å². The zero-order chi connectivity index (χ0) is 22.1. The average molecular weight is 420 g/mol. The Hall–Kier alpha value is -2.61. The first-order valence-corrected chi connectivity index (χ1v) is 10.4. The molecule has 1 saturated heterocycles. The molecule has 8 nitrogen and oxygen atoms in total. The van der Waals surface area contributed by atoms with Crippen molar-refractivity contribution in [2.75, 3.05) is 33.9 Å². The number of rotatable bonds is 9. The third kappa shape index (κ3) is 6.45. The highest BCUT2D eigenvalue weighted by atomic mass is 16.5. The Morgan fingerprint density at radius 2 is 1.73 bits per heavy atom. The van der Waals surface area contributed by atoms with Crippen LogP contribution in [0.5, 0.6) is 5.75 Å². The number of amides is 3. The second-order valence-corrected chi connectivity index (χ2v) is 7.65. The van der Waals surface area contributed by atoms with Crippen molar-refractivity contribution >= 4 is 17.7 Å². The normalized spacial score (nSPS) is 16.5. The minimum absolute atomic E-state index is 0.0151. The summed E-state index contributed by atoms with van der Waals surface area (Å²) in [5, 5.41) is 5.90. The van der Waals surface area contributed by atoms with Crippen molar-refractivity contribution in [2.24, 2.45) is 5.92 Å². The molecular weight excluding hydrogens is 386 g/mol. The molecule has 1 aromatic rings. The summed E-state index contributed by atoms with van der Waals surface area (Å²) < 4.78 is 10.1. The van der Waals surface area contributed by atoms with Gasteiger partial charge in [0.1, 0.15) is 18.4 Å². The minimum Gasteiger partial charge on any atom is -0.497 e. The summed E-state index contributed by atoms with van der Waals surface area (Å²) in [5.74, 6) is 0.0557. The van der Waals surface area contributed by atoms with Gasteiger partial charge in [0, 0.05) is 31.8 Å². The molecule has 2 rings (SSSR count). The predicted molar refractivity (Wildman–Crippen MR) is 113 cm³/mol. The molecule has 166 valence electrons. The van der Waals surface area contributed by atoms with Crippen LogP contribution in [0, 0.1) is 5.92 Å². The van der Waals surface area contributed by atoms with Gasteiger partial charge in [-0.3, -0.25) is 14.4 Å². The number of likely N-dealkylation sites (tertiary alicyclic amines) is 1. The van der Waals surface area contributed by atoms with Gasteiger partial charge in [0.05, 0.1) is 7.11 Å². The summed E-state index contributed by atoms with van der Waals surface area (Å²) in [4.78, 5) is 39.5. The van der Waals surface area contributed by atoms with E-state index < -0.39 is 6.04 Å². The number of hydrogen-bond acceptors (Lipinski definition) is 5. The zero-order valence-electron chi connectivity index (χ0n) is 18.3. The molecule has 2 N–H and O–H groups in total. The molecular formula is C22H33N3O5. The second kappa shape index (κ2) is 11.5. The van der Waals surface area contributed by atoms with Crippen molar-refractivity contribution in [3.8, 4) is 5.75 Å². The number of ether oxygens (including phenoxy) is 2. The van der Waals surface area contributed by atoms with Crippen LogP contribution >= 0.6 is 0 Å². The molecule has 1 aliphatic rings. The van der Waals surface area contributed by atoms with Gasteiger partial charge in [-0.1, -0.05) is 6.92 Å². The quantitative estimate of drug-likeness (QED) is 0.634. The van der Waals surface area contributed by atoms with Gasteiger partial charge < -0.3 is 25.0 Å². The largest absolute Gasteiger partial charge is 0.497 e. The standard InChI is InChI=1S/C22H33N3O5/c1-5-15(2)23-22(28)20(16-10-12-25(13-11-16)19(26)14-29-3)24-21(27)17-6-8-18(30-4)9-7-17/h6-9,15-16,20H,5,10-14H2,1-4H3,(H,23,28)(H,24,27)/t15-,20-/m0/s1. The number of piperidine rings is 1. The van der Waals surface area contributed by atoms with Gasteiger partial charge in [-0.25, -0.2) is 0 Å². The van der Waals surface area contributed by atoms with Crippen molar-refractivity contribution in [3.63, 3.8) is 0 Å². The highest BCUT2D eigenvalue weighted by molar-refractivity contribution is 5.97. The maximum Gasteiger partial charge on any atom is 0.251 e. The van der Waals surface area contributed by atoms with Gasteiger partial charge in [-0.15, -0.1) is 0 Å². The number of carbonyl (C=O) groups excluding carboxylic acids is 3. The molecule has 3 amide bonds. The Morgan fingerprint density at radius 1 is 1.10 bits per heavy atom. The smallest absolute Gasteiger partial charge is 0.251 e. The van der Waals surface area contributed by atoms with Crippen LogP contribution < -0.4 is 15.4 Å². The lowest BCUT2D eigenvalue weighted by Crippen LogP contribution is -2.55. The Kier molecular flexibility index (Phi) is 9.11. The Labute approximate surface area is 178 Å². The van der Waals surface area contributed by atoms with E-state index in [-0.39, 0.29) is 36.3 Å². The molecule has 0 saturated carbocycles. The van der Waals surface area contributed by atoms with Gasteiger partial charge in [-0.05, 0) is 56.4 Å². The maximum atomic E-state index is 13.0. The third-order valence-corrected chi connectivity index (χ3v) is 5.55. The highest BCUT2D eigenvalue weighted by Crippen LogP contribution is 2.22. The first kappa shape index (κ1) is 23.7. The van der Waals surface area contributed by atoms with Crippen LogP contribution in [0.15, 0.2) is 24.3 Å². The molecule has 0 unspecified atom stereocenters. The lowest BCUT2D eigenvalue weighted by molar-refractivity contribution is -0.136. The van der Waals surface area contributed by atoms with Crippen molar-refractivity contribution < 1.29 is 23.9 Å². The monoisotopic (exact) mass is 419 g/mol. The number of nitrogens with one attached hydrogen (secondary N) is 2. The topological polar surface area (TPSA) is 97.0 Å². The summed E-state index contributed by atoms with van der Waals surface area (Å²) in [7, 11) is 3.06. The number of methoxy groups -OCH3 is 2. The van der Waals surface area contributed by atoms with Crippen molar-refractivity contribution in [1.82, 2.24) is 15.5 Å². The summed E-state index contributed by atoms with van der Waals surface area (Å²) in [6, 6.07) is 6.12. The van der Waals surface area contributed by atoms with E-state index in [1.54, 1.807) is 36.3 Å². The van der Waals surface area contributed by atoms with Crippen LogP contribution in [0.4, 0.5) is 0 Å². The molecule has 0 spiro atoms. The Balaban J connectivity index is 2.09. The number of benzene rings is 1. The van der Waals surface area contributed by atoms with E-state index in [9.17, 15) is 14.4 Å². The molecule has 1 heterocycles. The molecule has 0 aromatic heterocycles. The second-order valence-electron chi connectivity index (χ2n) is 7.65.